The van der Waals surface area contributed by atoms with Crippen molar-refractivity contribution >= 4 is 12.5 Å². The minimum atomic E-state index is -0.0410. The second-order valence-corrected chi connectivity index (χ2v) is 7.43. The third-order valence-corrected chi connectivity index (χ3v) is 6.00. The van der Waals surface area contributed by atoms with Crippen LogP contribution in [0.3, 0.4) is 0 Å². The van der Waals surface area contributed by atoms with Crippen LogP contribution in [-0.2, 0) is 4.79 Å². The van der Waals surface area contributed by atoms with Crippen LogP contribution in [0, 0.1) is 11.3 Å². The fourth-order valence-electron chi connectivity index (χ4n) is 4.66. The Bertz CT molecular complexity index is 744. The van der Waals surface area contributed by atoms with Gasteiger partial charge in [-0.05, 0) is 49.8 Å². The predicted octanol–water partition coefficient (Wildman–Crippen LogP) is 5.39. The first kappa shape index (κ1) is 18.6. The quantitative estimate of drug-likeness (QED) is 0.693. The van der Waals surface area contributed by atoms with Gasteiger partial charge in [0.15, 0.2) is 5.78 Å². The molecule has 0 aromatic rings. The van der Waals surface area contributed by atoms with Gasteiger partial charge < -0.3 is 5.32 Å². The Morgan fingerprint density at radius 2 is 2.04 bits per heavy atom. The minimum absolute atomic E-state index is 0.0410. The first-order valence-corrected chi connectivity index (χ1v) is 9.91. The summed E-state index contributed by atoms with van der Waals surface area (Å²) in [7, 11) is 0. The maximum absolute atomic E-state index is 13.1. The molecule has 0 bridgehead atoms. The number of dihydropyridines is 1. The summed E-state index contributed by atoms with van der Waals surface area (Å²) in [5.41, 5.74) is 4.38. The number of carbonyl (C=O) groups excluding carboxylic acids is 1. The van der Waals surface area contributed by atoms with Crippen LogP contribution in [0.2, 0.25) is 0 Å². The number of allylic oxidation sites excluding steroid dienone is 8. The summed E-state index contributed by atoms with van der Waals surface area (Å²) in [6.07, 6.45) is 15.8. The van der Waals surface area contributed by atoms with Gasteiger partial charge in [-0.1, -0.05) is 51.2 Å². The summed E-state index contributed by atoms with van der Waals surface area (Å²) in [6, 6.07) is 0. The summed E-state index contributed by atoms with van der Waals surface area (Å²) in [4.78, 5) is 17.3. The van der Waals surface area contributed by atoms with E-state index in [0.717, 1.165) is 41.9 Å². The average molecular weight is 351 g/mol. The molecule has 1 saturated carbocycles. The molecule has 26 heavy (non-hydrogen) atoms. The highest BCUT2D eigenvalue weighted by Crippen LogP contribution is 2.54. The lowest BCUT2D eigenvalue weighted by atomic mass is 9.58. The van der Waals surface area contributed by atoms with Gasteiger partial charge in [-0.15, -0.1) is 0 Å². The number of aliphatic imine (C=N–C) groups is 1. The molecule has 0 saturated heterocycles. The fraction of sp³-hybridized carbons (Fsp3) is 0.478. The van der Waals surface area contributed by atoms with Crippen molar-refractivity contribution in [3.63, 3.8) is 0 Å². The fourth-order valence-corrected chi connectivity index (χ4v) is 4.66. The van der Waals surface area contributed by atoms with E-state index in [4.69, 9.17) is 0 Å². The second kappa shape index (κ2) is 7.61. The molecule has 1 heterocycles. The molecule has 0 unspecified atom stereocenters. The van der Waals surface area contributed by atoms with Crippen molar-refractivity contribution in [2.75, 3.05) is 0 Å². The van der Waals surface area contributed by atoms with Crippen LogP contribution in [0.1, 0.15) is 58.8 Å². The molecule has 0 aromatic heterocycles. The molecule has 0 amide bonds. The Morgan fingerprint density at radius 1 is 1.27 bits per heavy atom. The Hall–Kier alpha value is -2.16. The van der Waals surface area contributed by atoms with Crippen molar-refractivity contribution in [1.82, 2.24) is 5.32 Å². The molecule has 0 aromatic carbocycles. The van der Waals surface area contributed by atoms with Crippen molar-refractivity contribution < 1.29 is 4.79 Å². The number of nitrogens with one attached hydrogen (secondary N) is 1. The topological polar surface area (TPSA) is 41.5 Å². The van der Waals surface area contributed by atoms with Crippen LogP contribution >= 0.6 is 0 Å². The standard InChI is InChI=1S/C21H24N2O.C2H6/c1-3-15-18(14-8-5-4-6-9-14)19-16(23-20(15)22-2)12-21(10-7-11-21)13-17(19)24;1-2/h3,5,8-9,18,23H,1-2,4,6-7,10-13H2;1-2H3/t18-;/m1./s1. The van der Waals surface area contributed by atoms with Crippen LogP contribution in [0.4, 0.5) is 0 Å². The normalized spacial score (nSPS) is 26.2. The van der Waals surface area contributed by atoms with E-state index in [2.05, 4.69) is 41.8 Å². The second-order valence-electron chi connectivity index (χ2n) is 7.43. The van der Waals surface area contributed by atoms with Gasteiger partial charge in [-0.3, -0.25) is 4.79 Å². The van der Waals surface area contributed by atoms with Gasteiger partial charge in [0.25, 0.3) is 0 Å². The number of nitrogens with zero attached hydrogens (tertiary/aromatic N) is 1. The Balaban J connectivity index is 0.000000948. The summed E-state index contributed by atoms with van der Waals surface area (Å²) >= 11 is 0. The van der Waals surface area contributed by atoms with E-state index in [-0.39, 0.29) is 11.3 Å². The summed E-state index contributed by atoms with van der Waals surface area (Å²) in [6.45, 7) is 11.7. The predicted molar refractivity (Wildman–Crippen MR) is 109 cm³/mol. The van der Waals surface area contributed by atoms with Gasteiger partial charge in [0.2, 0.25) is 0 Å². The van der Waals surface area contributed by atoms with E-state index in [1.54, 1.807) is 0 Å². The van der Waals surface area contributed by atoms with Crippen LogP contribution < -0.4 is 5.32 Å². The lowest BCUT2D eigenvalue weighted by molar-refractivity contribution is -0.120. The maximum atomic E-state index is 13.1. The minimum Gasteiger partial charge on any atom is -0.343 e. The van der Waals surface area contributed by atoms with E-state index >= 15 is 0 Å². The van der Waals surface area contributed by atoms with Crippen LogP contribution in [0.5, 0.6) is 0 Å². The molecular weight excluding hydrogens is 320 g/mol. The molecule has 1 fully saturated rings. The van der Waals surface area contributed by atoms with E-state index in [1.807, 2.05) is 19.9 Å². The first-order valence-electron chi connectivity index (χ1n) is 9.91. The van der Waals surface area contributed by atoms with Gasteiger partial charge in [-0.2, -0.15) is 0 Å². The van der Waals surface area contributed by atoms with E-state index < -0.39 is 0 Å². The molecular formula is C23H30N2O. The highest BCUT2D eigenvalue weighted by atomic mass is 16.1. The molecule has 3 aliphatic carbocycles. The monoisotopic (exact) mass is 350 g/mol. The number of rotatable bonds is 3. The summed E-state index contributed by atoms with van der Waals surface area (Å²) in [5, 5.41) is 3.42. The highest BCUT2D eigenvalue weighted by molar-refractivity contribution is 6.00. The number of ketones is 1. The van der Waals surface area contributed by atoms with Crippen molar-refractivity contribution in [2.45, 2.75) is 58.8 Å². The number of Topliss-reactive ketones (excluding diaryl/α,β-unsaturated/α-hetero) is 1. The molecule has 4 aliphatic rings. The molecule has 0 radical (unpaired) electrons. The zero-order valence-corrected chi connectivity index (χ0v) is 16.1. The van der Waals surface area contributed by atoms with Gasteiger partial charge in [0.05, 0.1) is 0 Å². The smallest absolute Gasteiger partial charge is 0.162 e. The molecule has 1 atom stereocenters. The third kappa shape index (κ3) is 3.04. The lowest BCUT2D eigenvalue weighted by Crippen LogP contribution is -2.43. The molecule has 1 spiro atoms. The maximum Gasteiger partial charge on any atom is 0.162 e. The van der Waals surface area contributed by atoms with Crippen molar-refractivity contribution in [2.24, 2.45) is 16.3 Å². The van der Waals surface area contributed by atoms with Crippen molar-refractivity contribution in [3.8, 4) is 0 Å². The number of carbonyl (C=O) groups is 1. The Kier molecular flexibility index (Phi) is 5.45. The SMILES string of the molecule is C=CC1=C(N=C)NC2=C(C(=O)CC3(CCC3)C2)[C@@H]1C1=CCCC=C1.CC. The lowest BCUT2D eigenvalue weighted by Gasteiger charge is -2.47. The number of hydrogen-bond acceptors (Lipinski definition) is 3. The zero-order chi connectivity index (χ0) is 18.7. The van der Waals surface area contributed by atoms with Crippen LogP contribution in [0.25, 0.3) is 0 Å². The van der Waals surface area contributed by atoms with Gasteiger partial charge in [-0.25, -0.2) is 4.99 Å². The largest absolute Gasteiger partial charge is 0.343 e. The molecule has 3 heteroatoms. The van der Waals surface area contributed by atoms with E-state index in [9.17, 15) is 4.79 Å². The molecule has 3 nitrogen and oxygen atoms in total. The van der Waals surface area contributed by atoms with Gasteiger partial charge in [0.1, 0.15) is 5.82 Å². The van der Waals surface area contributed by atoms with E-state index in [0.29, 0.717) is 12.2 Å². The molecule has 138 valence electrons. The van der Waals surface area contributed by atoms with Gasteiger partial charge >= 0.3 is 0 Å². The summed E-state index contributed by atoms with van der Waals surface area (Å²) in [5.74, 6) is 1.02. The molecule has 1 aliphatic heterocycles. The zero-order valence-electron chi connectivity index (χ0n) is 16.1. The Labute approximate surface area is 157 Å². The number of hydrogen-bond donors (Lipinski definition) is 1. The molecule has 4 rings (SSSR count). The van der Waals surface area contributed by atoms with Gasteiger partial charge in [0, 0.05) is 29.2 Å². The van der Waals surface area contributed by atoms with Crippen LogP contribution in [0.15, 0.2) is 64.1 Å². The van der Waals surface area contributed by atoms with E-state index in [1.165, 1.54) is 24.8 Å². The third-order valence-electron chi connectivity index (χ3n) is 6.00. The summed E-state index contributed by atoms with van der Waals surface area (Å²) < 4.78 is 0. The highest BCUT2D eigenvalue weighted by Gasteiger charge is 2.47. The Morgan fingerprint density at radius 3 is 2.58 bits per heavy atom. The van der Waals surface area contributed by atoms with Crippen molar-refractivity contribution in [1.29, 1.82) is 0 Å². The van der Waals surface area contributed by atoms with Crippen LogP contribution in [-0.4, -0.2) is 12.5 Å². The molecule has 1 N–H and O–H groups in total. The van der Waals surface area contributed by atoms with Crippen molar-refractivity contribution in [3.05, 3.63) is 59.1 Å². The first-order chi connectivity index (χ1) is 12.7. The average Bonchev–Trinajstić information content (AvgIpc) is 2.67.